The highest BCUT2D eigenvalue weighted by atomic mass is 35.5. The standard InChI is InChI=1S/C6H5ClN4/c1-3-5-6(11-10-3)8-2-4(7)9-5/h2H,1H3,(H,8,10,11). The van der Waals surface area contributed by atoms with E-state index in [9.17, 15) is 0 Å². The van der Waals surface area contributed by atoms with Crippen LogP contribution in [0, 0.1) is 6.92 Å². The first-order valence-corrected chi connectivity index (χ1v) is 3.48. The molecule has 2 aromatic heterocycles. The van der Waals surface area contributed by atoms with Crippen LogP contribution in [0.5, 0.6) is 0 Å². The van der Waals surface area contributed by atoms with Crippen molar-refractivity contribution in [3.63, 3.8) is 0 Å². The van der Waals surface area contributed by atoms with Gasteiger partial charge in [0.25, 0.3) is 0 Å². The van der Waals surface area contributed by atoms with E-state index in [0.717, 1.165) is 11.2 Å². The third-order valence-corrected chi connectivity index (χ3v) is 1.59. The summed E-state index contributed by atoms with van der Waals surface area (Å²) in [7, 11) is 0. The largest absolute Gasteiger partial charge is 0.278 e. The molecule has 56 valence electrons. The molecule has 0 bridgehead atoms. The molecular weight excluding hydrogens is 164 g/mol. The molecule has 4 nitrogen and oxygen atoms in total. The number of nitrogens with one attached hydrogen (secondary N) is 1. The Bertz CT molecular complexity index is 394. The van der Waals surface area contributed by atoms with Crippen molar-refractivity contribution in [3.05, 3.63) is 17.0 Å². The molecule has 2 heterocycles. The summed E-state index contributed by atoms with van der Waals surface area (Å²) < 4.78 is 0. The minimum absolute atomic E-state index is 0.391. The fraction of sp³-hybridized carbons (Fsp3) is 0.167. The van der Waals surface area contributed by atoms with Gasteiger partial charge in [0.1, 0.15) is 10.7 Å². The van der Waals surface area contributed by atoms with Gasteiger partial charge >= 0.3 is 0 Å². The Morgan fingerprint density at radius 1 is 1.55 bits per heavy atom. The number of fused-ring (bicyclic) bond motifs is 1. The van der Waals surface area contributed by atoms with E-state index in [4.69, 9.17) is 11.6 Å². The van der Waals surface area contributed by atoms with Gasteiger partial charge in [0.15, 0.2) is 5.65 Å². The summed E-state index contributed by atoms with van der Waals surface area (Å²) in [6.07, 6.45) is 1.48. The predicted octanol–water partition coefficient (Wildman–Crippen LogP) is 1.31. The topological polar surface area (TPSA) is 54.5 Å². The fourth-order valence-corrected chi connectivity index (χ4v) is 1.02. The lowest BCUT2D eigenvalue weighted by atomic mass is 10.4. The average Bonchev–Trinajstić information content (AvgIpc) is 2.33. The van der Waals surface area contributed by atoms with Crippen molar-refractivity contribution < 1.29 is 0 Å². The zero-order valence-electron chi connectivity index (χ0n) is 5.80. The highest BCUT2D eigenvalue weighted by molar-refractivity contribution is 6.29. The summed E-state index contributed by atoms with van der Waals surface area (Å²) >= 11 is 5.63. The molecular formula is C6H5ClN4. The van der Waals surface area contributed by atoms with Gasteiger partial charge in [-0.05, 0) is 6.92 Å². The Balaban J connectivity index is 2.87. The molecule has 0 amide bonds. The lowest BCUT2D eigenvalue weighted by molar-refractivity contribution is 1.05. The first-order chi connectivity index (χ1) is 5.27. The molecule has 0 saturated heterocycles. The third-order valence-electron chi connectivity index (χ3n) is 1.41. The minimum Gasteiger partial charge on any atom is -0.278 e. The molecule has 0 radical (unpaired) electrons. The van der Waals surface area contributed by atoms with E-state index < -0.39 is 0 Å². The van der Waals surface area contributed by atoms with Crippen molar-refractivity contribution in [3.8, 4) is 0 Å². The quantitative estimate of drug-likeness (QED) is 0.646. The van der Waals surface area contributed by atoms with E-state index in [0.29, 0.717) is 10.8 Å². The van der Waals surface area contributed by atoms with E-state index in [-0.39, 0.29) is 0 Å². The highest BCUT2D eigenvalue weighted by Crippen LogP contribution is 2.12. The molecule has 2 rings (SSSR count). The molecule has 11 heavy (non-hydrogen) atoms. The Morgan fingerprint density at radius 3 is 3.18 bits per heavy atom. The van der Waals surface area contributed by atoms with Crippen molar-refractivity contribution in [2.24, 2.45) is 0 Å². The van der Waals surface area contributed by atoms with Crippen LogP contribution in [-0.4, -0.2) is 20.2 Å². The Hall–Kier alpha value is -1.16. The zero-order valence-corrected chi connectivity index (χ0v) is 6.55. The summed E-state index contributed by atoms with van der Waals surface area (Å²) in [6.45, 7) is 1.88. The van der Waals surface area contributed by atoms with E-state index in [1.165, 1.54) is 6.20 Å². The normalized spacial score (nSPS) is 10.7. The molecule has 0 spiro atoms. The number of aryl methyl sites for hydroxylation is 1. The van der Waals surface area contributed by atoms with Crippen LogP contribution in [0.2, 0.25) is 5.15 Å². The van der Waals surface area contributed by atoms with Crippen LogP contribution < -0.4 is 0 Å². The molecule has 2 aromatic rings. The summed E-state index contributed by atoms with van der Waals surface area (Å²) in [5.41, 5.74) is 2.22. The monoisotopic (exact) mass is 168 g/mol. The van der Waals surface area contributed by atoms with Crippen LogP contribution >= 0.6 is 11.6 Å². The second-order valence-electron chi connectivity index (χ2n) is 2.21. The van der Waals surface area contributed by atoms with Crippen LogP contribution in [-0.2, 0) is 0 Å². The molecule has 5 heteroatoms. The summed E-state index contributed by atoms with van der Waals surface area (Å²) in [5.74, 6) is 0. The maximum Gasteiger partial charge on any atom is 0.199 e. The lowest BCUT2D eigenvalue weighted by Crippen LogP contribution is -1.81. The van der Waals surface area contributed by atoms with Crippen LogP contribution in [0.4, 0.5) is 0 Å². The lowest BCUT2D eigenvalue weighted by Gasteiger charge is -1.87. The SMILES string of the molecule is Cc1[nH]nc2ncc(Cl)nc12. The first-order valence-electron chi connectivity index (χ1n) is 3.10. The molecule has 0 aliphatic carbocycles. The van der Waals surface area contributed by atoms with Gasteiger partial charge in [0, 0.05) is 0 Å². The number of aromatic amines is 1. The van der Waals surface area contributed by atoms with Gasteiger partial charge in [0.2, 0.25) is 0 Å². The highest BCUT2D eigenvalue weighted by Gasteiger charge is 2.03. The number of aromatic nitrogens is 4. The number of rotatable bonds is 0. The van der Waals surface area contributed by atoms with Crippen molar-refractivity contribution in [1.29, 1.82) is 0 Å². The summed E-state index contributed by atoms with van der Waals surface area (Å²) in [4.78, 5) is 8.01. The van der Waals surface area contributed by atoms with Crippen LogP contribution in [0.15, 0.2) is 6.20 Å². The number of hydrogen-bond acceptors (Lipinski definition) is 3. The van der Waals surface area contributed by atoms with Gasteiger partial charge in [-0.2, -0.15) is 5.10 Å². The molecule has 0 fully saturated rings. The van der Waals surface area contributed by atoms with Crippen LogP contribution in [0.25, 0.3) is 11.2 Å². The van der Waals surface area contributed by atoms with Crippen LogP contribution in [0.1, 0.15) is 5.69 Å². The average molecular weight is 169 g/mol. The summed E-state index contributed by atoms with van der Waals surface area (Å²) in [6, 6.07) is 0. The van der Waals surface area contributed by atoms with Gasteiger partial charge in [-0.25, -0.2) is 9.97 Å². The molecule has 1 N–H and O–H groups in total. The smallest absolute Gasteiger partial charge is 0.199 e. The number of halogens is 1. The summed E-state index contributed by atoms with van der Waals surface area (Å²) in [5, 5.41) is 7.06. The van der Waals surface area contributed by atoms with Gasteiger partial charge < -0.3 is 0 Å². The number of hydrogen-bond donors (Lipinski definition) is 1. The number of nitrogens with zero attached hydrogens (tertiary/aromatic N) is 3. The number of H-pyrrole nitrogens is 1. The van der Waals surface area contributed by atoms with Gasteiger partial charge in [-0.3, -0.25) is 5.10 Å². The van der Waals surface area contributed by atoms with Gasteiger partial charge in [-0.1, -0.05) is 11.6 Å². The second kappa shape index (κ2) is 2.17. The predicted molar refractivity (Wildman–Crippen MR) is 41.4 cm³/mol. The van der Waals surface area contributed by atoms with Crippen molar-refractivity contribution in [1.82, 2.24) is 20.2 Å². The van der Waals surface area contributed by atoms with E-state index >= 15 is 0 Å². The Kier molecular flexibility index (Phi) is 1.29. The van der Waals surface area contributed by atoms with Gasteiger partial charge in [0.05, 0.1) is 11.9 Å². The first kappa shape index (κ1) is 6.54. The maximum atomic E-state index is 5.63. The van der Waals surface area contributed by atoms with E-state index in [1.807, 2.05) is 6.92 Å². The zero-order chi connectivity index (χ0) is 7.84. The van der Waals surface area contributed by atoms with Crippen LogP contribution in [0.3, 0.4) is 0 Å². The van der Waals surface area contributed by atoms with Crippen molar-refractivity contribution in [2.45, 2.75) is 6.92 Å². The molecule has 0 saturated carbocycles. The molecule has 0 unspecified atom stereocenters. The van der Waals surface area contributed by atoms with Crippen molar-refractivity contribution >= 4 is 22.8 Å². The molecule has 0 aliphatic rings. The minimum atomic E-state index is 0.391. The maximum absolute atomic E-state index is 5.63. The van der Waals surface area contributed by atoms with E-state index in [2.05, 4.69) is 20.2 Å². The Labute approximate surface area is 67.6 Å². The van der Waals surface area contributed by atoms with Crippen molar-refractivity contribution in [2.75, 3.05) is 0 Å². The Morgan fingerprint density at radius 2 is 2.36 bits per heavy atom. The second-order valence-corrected chi connectivity index (χ2v) is 2.60. The fourth-order valence-electron chi connectivity index (χ4n) is 0.884. The molecule has 0 aliphatic heterocycles. The molecule has 0 aromatic carbocycles. The third kappa shape index (κ3) is 0.952. The molecule has 0 atom stereocenters. The van der Waals surface area contributed by atoms with E-state index in [1.54, 1.807) is 0 Å². The van der Waals surface area contributed by atoms with Gasteiger partial charge in [-0.15, -0.1) is 0 Å².